The van der Waals surface area contributed by atoms with Crippen molar-refractivity contribution in [1.82, 2.24) is 15.1 Å². The number of carbonyl (C=O) groups excluding carboxylic acids is 3. The third-order valence-electron chi connectivity index (χ3n) is 10.9. The lowest BCUT2D eigenvalue weighted by Crippen LogP contribution is -2.44. The molecule has 2 fully saturated rings. The molecule has 2 heterocycles. The Labute approximate surface area is 343 Å². The summed E-state index contributed by atoms with van der Waals surface area (Å²) in [5.41, 5.74) is 6.43. The molecule has 5 aromatic carbocycles. The molecule has 3 amide bonds. The van der Waals surface area contributed by atoms with Crippen molar-refractivity contribution >= 4 is 17.9 Å². The molecule has 2 aliphatic heterocycles. The number of likely N-dealkylation sites (tertiary alicyclic amines) is 1. The first-order valence-corrected chi connectivity index (χ1v) is 19.7. The molecule has 1 unspecified atom stereocenters. The van der Waals surface area contributed by atoms with E-state index in [-0.39, 0.29) is 56.0 Å². The molecule has 4 N–H and O–H groups in total. The number of aliphatic hydroxyl groups excluding tert-OH is 2. The number of rotatable bonds is 14. The van der Waals surface area contributed by atoms with Gasteiger partial charge in [-0.25, -0.2) is 4.79 Å². The van der Waals surface area contributed by atoms with Crippen LogP contribution in [0, 0.1) is 5.92 Å². The number of phenols is 1. The zero-order valence-corrected chi connectivity index (χ0v) is 33.0. The average Bonchev–Trinajstić information content (AvgIpc) is 3.51. The van der Waals surface area contributed by atoms with Crippen molar-refractivity contribution < 1.29 is 43.9 Å². The summed E-state index contributed by atoms with van der Waals surface area (Å²) in [4.78, 5) is 42.1. The van der Waals surface area contributed by atoms with Gasteiger partial charge in [-0.3, -0.25) is 14.5 Å². The van der Waals surface area contributed by atoms with Crippen LogP contribution < -0.4 is 5.32 Å². The molecule has 2 saturated heterocycles. The van der Waals surface area contributed by atoms with Gasteiger partial charge in [0.2, 0.25) is 5.91 Å². The number of phenolic OH excluding ortho intramolecular Hbond substituents is 1. The van der Waals surface area contributed by atoms with Crippen LogP contribution in [-0.2, 0) is 43.6 Å². The quantitative estimate of drug-likeness (QED) is 0.0907. The second-order valence-electron chi connectivity index (χ2n) is 15.2. The number of aromatic hydroxyl groups is 1. The maximum Gasteiger partial charge on any atom is 0.408 e. The summed E-state index contributed by atoms with van der Waals surface area (Å²) in [5.74, 6) is -0.865. The van der Waals surface area contributed by atoms with E-state index in [1.54, 1.807) is 24.3 Å². The summed E-state index contributed by atoms with van der Waals surface area (Å²) in [6.45, 7) is 2.90. The van der Waals surface area contributed by atoms with Crippen molar-refractivity contribution in [2.45, 2.75) is 63.7 Å². The first-order chi connectivity index (χ1) is 28.6. The van der Waals surface area contributed by atoms with Gasteiger partial charge in [-0.15, -0.1) is 0 Å². The van der Waals surface area contributed by atoms with Crippen LogP contribution in [0.15, 0.2) is 127 Å². The topological polar surface area (TPSA) is 158 Å². The smallest absolute Gasteiger partial charge is 0.408 e. The number of amides is 3. The van der Waals surface area contributed by atoms with Gasteiger partial charge in [0, 0.05) is 24.6 Å². The first kappa shape index (κ1) is 41.3. The van der Waals surface area contributed by atoms with Crippen LogP contribution in [0.3, 0.4) is 0 Å². The molecule has 12 nitrogen and oxygen atoms in total. The van der Waals surface area contributed by atoms with Crippen LogP contribution in [0.5, 0.6) is 5.75 Å². The predicted octanol–water partition coefficient (Wildman–Crippen LogP) is 6.56. The number of nitrogens with zero attached hydrogens (tertiary/aromatic N) is 2. The molecule has 0 bridgehead atoms. The van der Waals surface area contributed by atoms with Gasteiger partial charge in [-0.05, 0) is 58.1 Å². The van der Waals surface area contributed by atoms with Gasteiger partial charge in [-0.1, -0.05) is 122 Å². The average molecular weight is 800 g/mol. The van der Waals surface area contributed by atoms with Crippen LogP contribution >= 0.6 is 0 Å². The summed E-state index contributed by atoms with van der Waals surface area (Å²) in [5, 5.41) is 33.1. The second kappa shape index (κ2) is 18.8. The fourth-order valence-corrected chi connectivity index (χ4v) is 7.64. The Morgan fingerprint density at radius 3 is 2.32 bits per heavy atom. The number of nitrogens with one attached hydrogen (secondary N) is 1. The molecule has 0 spiro atoms. The van der Waals surface area contributed by atoms with E-state index in [1.807, 2.05) is 115 Å². The van der Waals surface area contributed by atoms with Gasteiger partial charge >= 0.3 is 6.09 Å². The van der Waals surface area contributed by atoms with Crippen molar-refractivity contribution in [3.05, 3.63) is 161 Å². The lowest BCUT2D eigenvalue weighted by molar-refractivity contribution is -0.276. The van der Waals surface area contributed by atoms with Crippen molar-refractivity contribution in [3.63, 3.8) is 0 Å². The van der Waals surface area contributed by atoms with E-state index < -0.39 is 30.4 Å². The highest BCUT2D eigenvalue weighted by atomic mass is 16.7. The largest absolute Gasteiger partial charge is 0.508 e. The van der Waals surface area contributed by atoms with Gasteiger partial charge in [-0.2, -0.15) is 0 Å². The minimum absolute atomic E-state index is 0.0334. The first-order valence-electron chi connectivity index (χ1n) is 19.7. The van der Waals surface area contributed by atoms with Crippen LogP contribution in [-0.4, -0.2) is 75.3 Å². The number of carbonyl (C=O) groups is 3. The molecule has 7 rings (SSSR count). The SMILES string of the molecule is C[C@H]1[C@@H](CN(C)C[C@@H](O)c2cccc(O)c2)O[C@@H](c2ccc(-c3ccccc3CN3C(=O)CC(NC(=O)OCc4ccccc4)C3=O)cc2)O[C@H]1c1ccc(CO)cc1. The van der Waals surface area contributed by atoms with E-state index in [9.17, 15) is 29.7 Å². The Hall–Kier alpha value is -5.89. The van der Waals surface area contributed by atoms with Gasteiger partial charge < -0.3 is 39.7 Å². The summed E-state index contributed by atoms with van der Waals surface area (Å²) in [6.07, 6.45) is -3.10. The van der Waals surface area contributed by atoms with Gasteiger partial charge in [0.1, 0.15) is 18.4 Å². The number of benzene rings is 5. The van der Waals surface area contributed by atoms with E-state index in [1.165, 1.54) is 4.90 Å². The molecular weight excluding hydrogens is 751 g/mol. The van der Waals surface area contributed by atoms with Crippen molar-refractivity contribution in [2.24, 2.45) is 5.92 Å². The minimum Gasteiger partial charge on any atom is -0.508 e. The molecule has 0 radical (unpaired) electrons. The van der Waals surface area contributed by atoms with Gasteiger partial charge in [0.15, 0.2) is 6.29 Å². The lowest BCUT2D eigenvalue weighted by atomic mass is 9.90. The Morgan fingerprint density at radius 1 is 0.881 bits per heavy atom. The summed E-state index contributed by atoms with van der Waals surface area (Å²) >= 11 is 0. The molecule has 12 heteroatoms. The van der Waals surface area contributed by atoms with Crippen molar-refractivity contribution in [1.29, 1.82) is 0 Å². The highest BCUT2D eigenvalue weighted by molar-refractivity contribution is 6.06. The Balaban J connectivity index is 1.04. The molecule has 0 aliphatic carbocycles. The molecule has 2 aliphatic rings. The minimum atomic E-state index is -1.01. The molecule has 59 heavy (non-hydrogen) atoms. The van der Waals surface area contributed by atoms with Gasteiger partial charge in [0.05, 0.1) is 37.9 Å². The number of imide groups is 1. The van der Waals surface area contributed by atoms with Crippen LogP contribution in [0.2, 0.25) is 0 Å². The van der Waals surface area contributed by atoms with E-state index in [4.69, 9.17) is 14.2 Å². The zero-order chi connectivity index (χ0) is 41.5. The van der Waals surface area contributed by atoms with Crippen LogP contribution in [0.25, 0.3) is 11.1 Å². The van der Waals surface area contributed by atoms with E-state index in [0.717, 1.165) is 38.9 Å². The zero-order valence-electron chi connectivity index (χ0n) is 33.0. The predicted molar refractivity (Wildman–Crippen MR) is 219 cm³/mol. The fraction of sp³-hybridized carbons (Fsp3) is 0.298. The van der Waals surface area contributed by atoms with Crippen LogP contribution in [0.4, 0.5) is 4.79 Å². The highest BCUT2D eigenvalue weighted by Gasteiger charge is 2.41. The lowest BCUT2D eigenvalue weighted by Gasteiger charge is -2.42. The maximum absolute atomic E-state index is 13.4. The molecule has 0 saturated carbocycles. The van der Waals surface area contributed by atoms with Gasteiger partial charge in [0.25, 0.3) is 5.91 Å². The Bertz CT molecular complexity index is 2220. The Morgan fingerprint density at radius 2 is 1.59 bits per heavy atom. The number of hydrogen-bond acceptors (Lipinski definition) is 10. The maximum atomic E-state index is 13.4. The van der Waals surface area contributed by atoms with Crippen LogP contribution in [0.1, 0.15) is 65.2 Å². The number of ether oxygens (including phenoxy) is 3. The monoisotopic (exact) mass is 799 g/mol. The van der Waals surface area contributed by atoms with E-state index >= 15 is 0 Å². The molecule has 306 valence electrons. The highest BCUT2D eigenvalue weighted by Crippen LogP contribution is 2.42. The standard InChI is InChI=1S/C47H49N3O9/c1-30-42(27-49(2)26-41(53)36-12-8-13-38(52)23-36)58-46(59-44(30)34-17-15-31(28-51)16-18-34)35-21-19-33(20-22-35)39-14-7-6-11-37(39)25-50-43(54)24-40(45(50)55)48-47(56)57-29-32-9-4-3-5-10-32/h3-23,30,40-42,44,46,51-53H,24-29H2,1-2H3,(H,48,56)/t30-,40?,41+,42+,44+,46+/m0/s1. The number of alkyl carbamates (subject to hydrolysis) is 1. The normalized spacial score (nSPS) is 21.1. The molecular formula is C47H49N3O9. The second-order valence-corrected chi connectivity index (χ2v) is 15.2. The molecule has 0 aromatic heterocycles. The third kappa shape index (κ3) is 10.0. The van der Waals surface area contributed by atoms with E-state index in [2.05, 4.69) is 12.2 Å². The Kier molecular flexibility index (Phi) is 13.1. The number of hydrogen-bond donors (Lipinski definition) is 4. The van der Waals surface area contributed by atoms with Crippen molar-refractivity contribution in [2.75, 3.05) is 20.1 Å². The number of aliphatic hydroxyl groups is 2. The summed E-state index contributed by atoms with van der Waals surface area (Å²) < 4.78 is 18.6. The number of likely N-dealkylation sites (N-methyl/N-ethyl adjacent to an activating group) is 1. The van der Waals surface area contributed by atoms with E-state index in [0.29, 0.717) is 18.7 Å². The van der Waals surface area contributed by atoms with Crippen molar-refractivity contribution in [3.8, 4) is 16.9 Å². The molecule has 5 aromatic rings. The third-order valence-corrected chi connectivity index (χ3v) is 10.9. The molecule has 6 atom stereocenters. The summed E-state index contributed by atoms with van der Waals surface area (Å²) in [7, 11) is 1.92. The summed E-state index contributed by atoms with van der Waals surface area (Å²) in [6, 6.07) is 37.8. The fourth-order valence-electron chi connectivity index (χ4n) is 7.64.